The Hall–Kier alpha value is -3.02. The van der Waals surface area contributed by atoms with Gasteiger partial charge in [0.25, 0.3) is 0 Å². The minimum atomic E-state index is 0.0789. The van der Waals surface area contributed by atoms with Gasteiger partial charge in [-0.2, -0.15) is 0 Å². The second-order valence-electron chi connectivity index (χ2n) is 6.72. The molecule has 0 unspecified atom stereocenters. The zero-order valence-electron chi connectivity index (χ0n) is 15.5. The second-order valence-corrected chi connectivity index (χ2v) is 6.72. The molecular formula is C21H24N4O2. The molecule has 0 atom stereocenters. The van der Waals surface area contributed by atoms with Crippen molar-refractivity contribution >= 4 is 23.2 Å². The number of hydrogen-bond donors (Lipinski definition) is 2. The standard InChI is InChI=1S/C21H24N4O2/c1-22-21(25-12-10-15-4-2-3-5-19(15)25)23-11-13-27-17-7-8-18-16(14-17)6-9-20(26)24-18/h2-5,7-8,14H,6,9-13H2,1H3,(H,22,23)(H,24,26). The Balaban J connectivity index is 1.30. The summed E-state index contributed by atoms with van der Waals surface area (Å²) in [6, 6.07) is 14.3. The number of para-hydroxylation sites is 1. The van der Waals surface area contributed by atoms with Crippen LogP contribution in [-0.4, -0.2) is 38.6 Å². The molecule has 140 valence electrons. The fourth-order valence-electron chi connectivity index (χ4n) is 3.63. The molecule has 2 aromatic carbocycles. The van der Waals surface area contributed by atoms with E-state index in [4.69, 9.17) is 4.74 Å². The third-order valence-corrected chi connectivity index (χ3v) is 4.98. The molecule has 0 fully saturated rings. The summed E-state index contributed by atoms with van der Waals surface area (Å²) in [5.74, 6) is 1.78. The number of nitrogens with one attached hydrogen (secondary N) is 2. The van der Waals surface area contributed by atoms with Crippen molar-refractivity contribution < 1.29 is 9.53 Å². The third-order valence-electron chi connectivity index (χ3n) is 4.98. The molecule has 0 bridgehead atoms. The van der Waals surface area contributed by atoms with Gasteiger partial charge in [0, 0.05) is 31.4 Å². The number of hydrogen-bond acceptors (Lipinski definition) is 3. The molecule has 2 aliphatic heterocycles. The van der Waals surface area contributed by atoms with E-state index in [9.17, 15) is 4.79 Å². The summed E-state index contributed by atoms with van der Waals surface area (Å²) in [7, 11) is 1.81. The number of carbonyl (C=O) groups is 1. The van der Waals surface area contributed by atoms with Crippen LogP contribution in [0.3, 0.4) is 0 Å². The van der Waals surface area contributed by atoms with Crippen LogP contribution in [0.15, 0.2) is 47.5 Å². The molecule has 2 heterocycles. The van der Waals surface area contributed by atoms with Crippen molar-refractivity contribution in [2.45, 2.75) is 19.3 Å². The highest BCUT2D eigenvalue weighted by Crippen LogP contribution is 2.28. The van der Waals surface area contributed by atoms with Crippen molar-refractivity contribution in [2.75, 3.05) is 37.0 Å². The summed E-state index contributed by atoms with van der Waals surface area (Å²) in [6.07, 6.45) is 2.34. The van der Waals surface area contributed by atoms with E-state index in [0.29, 0.717) is 19.6 Å². The van der Waals surface area contributed by atoms with Crippen molar-refractivity contribution in [1.82, 2.24) is 5.32 Å². The van der Waals surface area contributed by atoms with E-state index in [1.54, 1.807) is 0 Å². The Morgan fingerprint density at radius 1 is 1.19 bits per heavy atom. The number of amides is 1. The molecule has 0 aromatic heterocycles. The van der Waals surface area contributed by atoms with Gasteiger partial charge in [0.1, 0.15) is 12.4 Å². The lowest BCUT2D eigenvalue weighted by Crippen LogP contribution is -2.42. The Morgan fingerprint density at radius 2 is 2.07 bits per heavy atom. The van der Waals surface area contributed by atoms with Gasteiger partial charge in [-0.25, -0.2) is 0 Å². The third kappa shape index (κ3) is 3.74. The molecule has 6 nitrogen and oxygen atoms in total. The Bertz CT molecular complexity index is 878. The Morgan fingerprint density at radius 3 is 2.96 bits per heavy atom. The van der Waals surface area contributed by atoms with Crippen molar-refractivity contribution in [3.63, 3.8) is 0 Å². The lowest BCUT2D eigenvalue weighted by molar-refractivity contribution is -0.116. The lowest BCUT2D eigenvalue weighted by Gasteiger charge is -2.22. The Labute approximate surface area is 159 Å². The highest BCUT2D eigenvalue weighted by atomic mass is 16.5. The average Bonchev–Trinajstić information content (AvgIpc) is 3.12. The van der Waals surface area contributed by atoms with E-state index in [1.807, 2.05) is 25.2 Å². The van der Waals surface area contributed by atoms with Gasteiger partial charge in [0.15, 0.2) is 5.96 Å². The van der Waals surface area contributed by atoms with E-state index >= 15 is 0 Å². The molecule has 2 aliphatic rings. The predicted octanol–water partition coefficient (Wildman–Crippen LogP) is 2.59. The maximum atomic E-state index is 11.4. The van der Waals surface area contributed by atoms with Crippen LogP contribution < -0.4 is 20.3 Å². The molecule has 0 saturated heterocycles. The number of carbonyl (C=O) groups excluding carboxylic acids is 1. The number of anilines is 2. The maximum absolute atomic E-state index is 11.4. The zero-order valence-corrected chi connectivity index (χ0v) is 15.5. The van der Waals surface area contributed by atoms with E-state index in [2.05, 4.69) is 44.8 Å². The number of nitrogens with zero attached hydrogens (tertiary/aromatic N) is 2. The molecule has 0 spiro atoms. The molecule has 6 heteroatoms. The Kier molecular flexibility index (Phi) is 4.96. The van der Waals surface area contributed by atoms with Crippen LogP contribution in [0, 0.1) is 0 Å². The molecule has 0 saturated carbocycles. The van der Waals surface area contributed by atoms with Gasteiger partial charge < -0.3 is 20.3 Å². The van der Waals surface area contributed by atoms with Gasteiger partial charge >= 0.3 is 0 Å². The molecule has 27 heavy (non-hydrogen) atoms. The maximum Gasteiger partial charge on any atom is 0.224 e. The van der Waals surface area contributed by atoms with E-state index in [0.717, 1.165) is 42.3 Å². The number of aliphatic imine (C=N–C) groups is 1. The van der Waals surface area contributed by atoms with Crippen LogP contribution in [0.5, 0.6) is 5.75 Å². The van der Waals surface area contributed by atoms with Crippen molar-refractivity contribution in [3.8, 4) is 5.75 Å². The van der Waals surface area contributed by atoms with Gasteiger partial charge in [-0.1, -0.05) is 18.2 Å². The van der Waals surface area contributed by atoms with Crippen LogP contribution in [0.2, 0.25) is 0 Å². The summed E-state index contributed by atoms with van der Waals surface area (Å²) in [6.45, 7) is 2.15. The summed E-state index contributed by atoms with van der Waals surface area (Å²) < 4.78 is 5.88. The SMILES string of the molecule is CN=C(NCCOc1ccc2c(c1)CCC(=O)N2)N1CCc2ccccc21. The first-order chi connectivity index (χ1) is 13.2. The topological polar surface area (TPSA) is 66.0 Å². The van der Waals surface area contributed by atoms with Gasteiger partial charge in [0.2, 0.25) is 5.91 Å². The summed E-state index contributed by atoms with van der Waals surface area (Å²) in [5, 5.41) is 6.27. The highest BCUT2D eigenvalue weighted by Gasteiger charge is 2.22. The normalized spacial score (nSPS) is 15.8. The first kappa shape index (κ1) is 17.4. The first-order valence-electron chi connectivity index (χ1n) is 9.36. The lowest BCUT2D eigenvalue weighted by atomic mass is 10.0. The minimum Gasteiger partial charge on any atom is -0.492 e. The molecule has 0 aliphatic carbocycles. The van der Waals surface area contributed by atoms with E-state index < -0.39 is 0 Å². The van der Waals surface area contributed by atoms with Gasteiger partial charge in [-0.15, -0.1) is 0 Å². The van der Waals surface area contributed by atoms with Crippen LogP contribution in [-0.2, 0) is 17.6 Å². The average molecular weight is 364 g/mol. The smallest absolute Gasteiger partial charge is 0.224 e. The van der Waals surface area contributed by atoms with Gasteiger partial charge in [-0.05, 0) is 48.2 Å². The number of aryl methyl sites for hydroxylation is 1. The van der Waals surface area contributed by atoms with Crippen molar-refractivity contribution in [3.05, 3.63) is 53.6 Å². The number of fused-ring (bicyclic) bond motifs is 2. The molecule has 1 amide bonds. The van der Waals surface area contributed by atoms with Crippen LogP contribution in [0.25, 0.3) is 0 Å². The van der Waals surface area contributed by atoms with Crippen molar-refractivity contribution in [1.29, 1.82) is 0 Å². The highest BCUT2D eigenvalue weighted by molar-refractivity contribution is 5.98. The monoisotopic (exact) mass is 364 g/mol. The van der Waals surface area contributed by atoms with Crippen molar-refractivity contribution in [2.24, 2.45) is 4.99 Å². The first-order valence-corrected chi connectivity index (χ1v) is 9.36. The van der Waals surface area contributed by atoms with Gasteiger partial charge in [-0.3, -0.25) is 9.79 Å². The number of guanidine groups is 1. The molecule has 4 rings (SSSR count). The van der Waals surface area contributed by atoms with E-state index in [1.165, 1.54) is 11.3 Å². The number of ether oxygens (including phenoxy) is 1. The van der Waals surface area contributed by atoms with Crippen LogP contribution >= 0.6 is 0 Å². The predicted molar refractivity (Wildman–Crippen MR) is 108 cm³/mol. The summed E-state index contributed by atoms with van der Waals surface area (Å²) >= 11 is 0. The number of rotatable bonds is 4. The van der Waals surface area contributed by atoms with Crippen LogP contribution in [0.1, 0.15) is 17.5 Å². The molecular weight excluding hydrogens is 340 g/mol. The molecule has 2 N–H and O–H groups in total. The van der Waals surface area contributed by atoms with E-state index in [-0.39, 0.29) is 5.91 Å². The quantitative estimate of drug-likeness (QED) is 0.497. The molecule has 0 radical (unpaired) electrons. The fraction of sp³-hybridized carbons (Fsp3) is 0.333. The minimum absolute atomic E-state index is 0.0789. The summed E-state index contributed by atoms with van der Waals surface area (Å²) in [5.41, 5.74) is 4.61. The largest absolute Gasteiger partial charge is 0.492 e. The fourth-order valence-corrected chi connectivity index (χ4v) is 3.63. The summed E-state index contributed by atoms with van der Waals surface area (Å²) in [4.78, 5) is 18.1. The molecule has 2 aromatic rings. The van der Waals surface area contributed by atoms with Gasteiger partial charge in [0.05, 0.1) is 6.54 Å². The van der Waals surface area contributed by atoms with Crippen LogP contribution in [0.4, 0.5) is 11.4 Å². The zero-order chi connectivity index (χ0) is 18.6. The number of benzene rings is 2. The second kappa shape index (κ2) is 7.70.